The molecule has 0 aliphatic heterocycles. The maximum absolute atomic E-state index is 13.2. The number of hydrogen-bond donors (Lipinski definition) is 3. The van der Waals surface area contributed by atoms with Crippen molar-refractivity contribution in [2.45, 2.75) is 0 Å². The Balaban J connectivity index is 1.05. The van der Waals surface area contributed by atoms with Crippen molar-refractivity contribution in [3.8, 4) is 33.4 Å². The molecule has 0 radical (unpaired) electrons. The third-order valence-electron chi connectivity index (χ3n) is 10.1. The summed E-state index contributed by atoms with van der Waals surface area (Å²) in [7, 11) is 3.90. The molecule has 6 rings (SSSR count). The number of esters is 3. The number of methoxy groups -OCH3 is 3. The van der Waals surface area contributed by atoms with Gasteiger partial charge in [0, 0.05) is 110 Å². The molecule has 16 heteroatoms. The highest BCUT2D eigenvalue weighted by molar-refractivity contribution is 5.97. The van der Waals surface area contributed by atoms with Gasteiger partial charge in [0.05, 0.1) is 38.0 Å². The van der Waals surface area contributed by atoms with E-state index in [0.717, 1.165) is 16.7 Å². The Hall–Kier alpha value is -8.11. The van der Waals surface area contributed by atoms with Gasteiger partial charge in [-0.25, -0.2) is 14.4 Å². The lowest BCUT2D eigenvalue weighted by atomic mass is 10.0. The van der Waals surface area contributed by atoms with Crippen molar-refractivity contribution in [3.05, 3.63) is 162 Å². The van der Waals surface area contributed by atoms with E-state index in [1.165, 1.54) is 39.9 Å². The molecule has 3 amide bonds. The number of carbonyl (C=O) groups excluding carboxylic acids is 6. The molecule has 0 fully saturated rings. The summed E-state index contributed by atoms with van der Waals surface area (Å²) in [6.45, 7) is 2.03. The predicted octanol–water partition coefficient (Wildman–Crippen LogP) is 5.12. The van der Waals surface area contributed by atoms with E-state index >= 15 is 0 Å². The molecule has 6 aromatic rings. The number of benzene rings is 3. The zero-order chi connectivity index (χ0) is 45.4. The minimum atomic E-state index is -0.500. The van der Waals surface area contributed by atoms with E-state index in [1.807, 2.05) is 4.90 Å². The van der Waals surface area contributed by atoms with E-state index in [-0.39, 0.29) is 37.4 Å². The fraction of sp³-hybridized carbons (Fsp3) is 0.188. The van der Waals surface area contributed by atoms with Gasteiger partial charge in [0.15, 0.2) is 0 Å². The van der Waals surface area contributed by atoms with Crippen molar-refractivity contribution >= 4 is 35.6 Å². The third-order valence-corrected chi connectivity index (χ3v) is 10.1. The zero-order valence-electron chi connectivity index (χ0n) is 35.3. The maximum atomic E-state index is 13.2. The second kappa shape index (κ2) is 22.1. The van der Waals surface area contributed by atoms with Gasteiger partial charge >= 0.3 is 17.9 Å². The normalized spacial score (nSPS) is 10.7. The number of rotatable bonds is 18. The minimum Gasteiger partial charge on any atom is -0.465 e. The molecule has 326 valence electrons. The first-order valence-corrected chi connectivity index (χ1v) is 20.0. The second-order valence-corrected chi connectivity index (χ2v) is 14.2. The van der Waals surface area contributed by atoms with E-state index in [9.17, 15) is 28.8 Å². The lowest BCUT2D eigenvalue weighted by Crippen LogP contribution is -2.43. The van der Waals surface area contributed by atoms with Crippen LogP contribution in [0.3, 0.4) is 0 Å². The van der Waals surface area contributed by atoms with Gasteiger partial charge in [-0.3, -0.25) is 34.2 Å². The lowest BCUT2D eigenvalue weighted by Gasteiger charge is -2.23. The average molecular weight is 864 g/mol. The van der Waals surface area contributed by atoms with E-state index < -0.39 is 17.9 Å². The van der Waals surface area contributed by atoms with Crippen molar-refractivity contribution in [2.24, 2.45) is 0 Å². The van der Waals surface area contributed by atoms with Gasteiger partial charge in [0.1, 0.15) is 0 Å². The monoisotopic (exact) mass is 863 g/mol. The van der Waals surface area contributed by atoms with E-state index in [2.05, 4.69) is 30.9 Å². The smallest absolute Gasteiger partial charge is 0.339 e. The molecule has 0 saturated heterocycles. The van der Waals surface area contributed by atoms with Gasteiger partial charge in [0.2, 0.25) is 0 Å². The number of nitrogens with zero attached hydrogens (tertiary/aromatic N) is 4. The molecule has 3 N–H and O–H groups in total. The molecule has 16 nitrogen and oxygen atoms in total. The SMILES string of the molecule is COC(=O)c1cncc(-c2ccc(C(=O)NCCN(CCNC(=O)c3ccc(-c4cncc(C(=O)OC)c4)cc3)CCNC(=O)c3ccc(-c4cncc(C(=O)OC)c4)cc3)cc2)c1. The fourth-order valence-corrected chi connectivity index (χ4v) is 6.55. The van der Waals surface area contributed by atoms with Crippen LogP contribution in [0.15, 0.2) is 128 Å². The highest BCUT2D eigenvalue weighted by Crippen LogP contribution is 2.23. The first kappa shape index (κ1) is 45.4. The van der Waals surface area contributed by atoms with Crippen molar-refractivity contribution in [3.63, 3.8) is 0 Å². The molecule has 0 spiro atoms. The van der Waals surface area contributed by atoms with Crippen LogP contribution in [0.25, 0.3) is 33.4 Å². The van der Waals surface area contributed by atoms with E-state index in [0.29, 0.717) is 69.7 Å². The molecule has 0 saturated carbocycles. The van der Waals surface area contributed by atoms with Crippen molar-refractivity contribution in [1.82, 2.24) is 35.8 Å². The van der Waals surface area contributed by atoms with Gasteiger partial charge in [-0.05, 0) is 71.3 Å². The molecule has 3 aromatic heterocycles. The Kier molecular flexibility index (Phi) is 15.7. The van der Waals surface area contributed by atoms with Crippen LogP contribution in [-0.4, -0.2) is 116 Å². The summed E-state index contributed by atoms with van der Waals surface area (Å²) in [5, 5.41) is 8.83. The number of aromatic nitrogens is 3. The highest BCUT2D eigenvalue weighted by atomic mass is 16.5. The topological polar surface area (TPSA) is 208 Å². The Bertz CT molecular complexity index is 2330. The summed E-state index contributed by atoms with van der Waals surface area (Å²) in [5.41, 5.74) is 6.62. The molecule has 0 unspecified atom stereocenters. The molecule has 0 aliphatic rings. The van der Waals surface area contributed by atoms with Gasteiger partial charge in [0.25, 0.3) is 17.7 Å². The van der Waals surface area contributed by atoms with E-state index in [4.69, 9.17) is 14.2 Å². The number of hydrogen-bond acceptors (Lipinski definition) is 13. The first-order valence-electron chi connectivity index (χ1n) is 20.0. The van der Waals surface area contributed by atoms with E-state index in [1.54, 1.807) is 110 Å². The van der Waals surface area contributed by atoms with Crippen molar-refractivity contribution in [1.29, 1.82) is 0 Å². The first-order chi connectivity index (χ1) is 31.1. The molecule has 0 aliphatic carbocycles. The molecule has 3 aromatic carbocycles. The summed E-state index contributed by atoms with van der Waals surface area (Å²) in [6.07, 6.45) is 9.12. The standard InChI is InChI=1S/C48H45N7O9/c1-62-46(59)40-22-37(25-49-28-40)31-4-10-34(11-5-31)43(56)52-16-19-55(20-17-53-44(57)35-12-6-32(7-13-35)38-23-41(29-50-26-38)47(60)63-2)21-18-54-45(58)36-14-8-33(9-15-36)39-24-42(30-51-27-39)48(61)64-3/h4-15,22-30H,16-21H2,1-3H3,(H,52,56)(H,53,57)(H,54,58). The molecule has 0 atom stereocenters. The molecular weight excluding hydrogens is 819 g/mol. The van der Waals surface area contributed by atoms with Gasteiger partial charge in [-0.15, -0.1) is 0 Å². The molecular formula is C48H45N7O9. The molecule has 0 bridgehead atoms. The maximum Gasteiger partial charge on any atom is 0.339 e. The summed E-state index contributed by atoms with van der Waals surface area (Å²) >= 11 is 0. The van der Waals surface area contributed by atoms with Gasteiger partial charge in [-0.2, -0.15) is 0 Å². The van der Waals surface area contributed by atoms with Crippen LogP contribution >= 0.6 is 0 Å². The fourth-order valence-electron chi connectivity index (χ4n) is 6.55. The van der Waals surface area contributed by atoms with Crippen LogP contribution in [-0.2, 0) is 14.2 Å². The number of ether oxygens (including phenoxy) is 3. The van der Waals surface area contributed by atoms with Crippen molar-refractivity contribution in [2.75, 3.05) is 60.6 Å². The molecule has 64 heavy (non-hydrogen) atoms. The largest absolute Gasteiger partial charge is 0.465 e. The van der Waals surface area contributed by atoms with Crippen LogP contribution in [0.5, 0.6) is 0 Å². The van der Waals surface area contributed by atoms with Crippen LogP contribution < -0.4 is 16.0 Å². The van der Waals surface area contributed by atoms with Gasteiger partial charge < -0.3 is 30.2 Å². The number of carbonyl (C=O) groups is 6. The molecule has 3 heterocycles. The predicted molar refractivity (Wildman–Crippen MR) is 236 cm³/mol. The van der Waals surface area contributed by atoms with Crippen LogP contribution in [0.4, 0.5) is 0 Å². The number of amides is 3. The minimum absolute atomic E-state index is 0.272. The Morgan fingerprint density at radius 1 is 0.391 bits per heavy atom. The highest BCUT2D eigenvalue weighted by Gasteiger charge is 2.15. The summed E-state index contributed by atoms with van der Waals surface area (Å²) in [6, 6.07) is 25.7. The summed E-state index contributed by atoms with van der Waals surface area (Å²) < 4.78 is 14.4. The van der Waals surface area contributed by atoms with Crippen LogP contribution in [0.2, 0.25) is 0 Å². The summed E-state index contributed by atoms with van der Waals surface area (Å²) in [5.74, 6) is -2.37. The van der Waals surface area contributed by atoms with Gasteiger partial charge in [-0.1, -0.05) is 36.4 Å². The zero-order valence-corrected chi connectivity index (χ0v) is 35.3. The van der Waals surface area contributed by atoms with Crippen LogP contribution in [0.1, 0.15) is 62.1 Å². The Morgan fingerprint density at radius 3 is 0.906 bits per heavy atom. The van der Waals surface area contributed by atoms with Crippen LogP contribution in [0, 0.1) is 0 Å². The summed E-state index contributed by atoms with van der Waals surface area (Å²) in [4.78, 5) is 89.8. The quantitative estimate of drug-likeness (QED) is 0.0758. The second-order valence-electron chi connectivity index (χ2n) is 14.2. The number of pyridine rings is 3. The average Bonchev–Trinajstić information content (AvgIpc) is 3.35. The Labute approximate surface area is 369 Å². The third kappa shape index (κ3) is 12.0. The van der Waals surface area contributed by atoms with Crippen molar-refractivity contribution < 1.29 is 43.0 Å². The Morgan fingerprint density at radius 2 is 0.656 bits per heavy atom. The number of nitrogens with one attached hydrogen (secondary N) is 3. The lowest BCUT2D eigenvalue weighted by molar-refractivity contribution is 0.0591.